The Bertz CT molecular complexity index is 389. The average Bonchev–Trinajstić information content (AvgIpc) is 2.41. The Kier molecular flexibility index (Phi) is 17.6. The van der Waals surface area contributed by atoms with E-state index in [0.29, 0.717) is 6.42 Å². The molecule has 132 valence electrons. The molecule has 0 radical (unpaired) electrons. The van der Waals surface area contributed by atoms with Crippen molar-refractivity contribution in [1.29, 1.82) is 0 Å². The standard InChI is InChI=1S/C15H31NO5S.Na/c1-2-3-4-5-6-7-8-9-10-11-15(18)16-12-14(17)13-22(19,20)21;/h14,17H,2-13H2,1H3,(H,16,18)(H,19,20,21);/q;+1/p-1. The molecule has 1 unspecified atom stereocenters. The van der Waals surface area contributed by atoms with Gasteiger partial charge in [-0.15, -0.1) is 0 Å². The predicted molar refractivity (Wildman–Crippen MR) is 85.4 cm³/mol. The molecule has 0 fully saturated rings. The number of hydrogen-bond donors (Lipinski definition) is 2. The quantitative estimate of drug-likeness (QED) is 0.233. The van der Waals surface area contributed by atoms with Crippen molar-refractivity contribution in [2.45, 2.75) is 77.2 Å². The summed E-state index contributed by atoms with van der Waals surface area (Å²) < 4.78 is 31.2. The Labute approximate surface area is 162 Å². The number of rotatable bonds is 14. The largest absolute Gasteiger partial charge is 1.00 e. The normalized spacial score (nSPS) is 12.5. The molecule has 0 spiro atoms. The number of carbonyl (C=O) groups excluding carboxylic acids is 1. The first-order valence-corrected chi connectivity index (χ1v) is 9.81. The van der Waals surface area contributed by atoms with Gasteiger partial charge in [0.1, 0.15) is 0 Å². The van der Waals surface area contributed by atoms with Gasteiger partial charge in [0.05, 0.1) is 22.0 Å². The van der Waals surface area contributed by atoms with Crippen molar-refractivity contribution in [3.8, 4) is 0 Å². The van der Waals surface area contributed by atoms with Gasteiger partial charge in [0.25, 0.3) is 0 Å². The van der Waals surface area contributed by atoms with Crippen LogP contribution in [0.4, 0.5) is 0 Å². The number of nitrogens with one attached hydrogen (secondary N) is 1. The number of amides is 1. The van der Waals surface area contributed by atoms with Crippen LogP contribution in [0.2, 0.25) is 0 Å². The first-order valence-electron chi connectivity index (χ1n) is 8.23. The minimum atomic E-state index is -4.46. The van der Waals surface area contributed by atoms with E-state index in [1.807, 2.05) is 0 Å². The van der Waals surface area contributed by atoms with Crippen molar-refractivity contribution < 1.29 is 52.4 Å². The van der Waals surface area contributed by atoms with Crippen molar-refractivity contribution in [3.05, 3.63) is 0 Å². The predicted octanol–water partition coefficient (Wildman–Crippen LogP) is -1.07. The maximum Gasteiger partial charge on any atom is 1.00 e. The molecule has 1 atom stereocenters. The Morgan fingerprint density at radius 1 is 1.04 bits per heavy atom. The molecule has 0 rings (SSSR count). The van der Waals surface area contributed by atoms with Gasteiger partial charge >= 0.3 is 29.6 Å². The fourth-order valence-corrected chi connectivity index (χ4v) is 2.80. The smallest absolute Gasteiger partial charge is 0.748 e. The summed E-state index contributed by atoms with van der Waals surface area (Å²) >= 11 is 0. The van der Waals surface area contributed by atoms with Crippen LogP contribution in [-0.4, -0.2) is 42.4 Å². The summed E-state index contributed by atoms with van der Waals surface area (Å²) in [5, 5.41) is 11.7. The number of unbranched alkanes of at least 4 members (excludes halogenated alkanes) is 8. The Hall–Kier alpha value is 0.340. The second-order valence-electron chi connectivity index (χ2n) is 5.76. The summed E-state index contributed by atoms with van der Waals surface area (Å²) in [6.45, 7) is 2.00. The molecule has 0 saturated carbocycles. The van der Waals surface area contributed by atoms with Crippen molar-refractivity contribution in [2.75, 3.05) is 12.3 Å². The molecule has 0 aliphatic rings. The molecular formula is C15H30NNaO5S. The Morgan fingerprint density at radius 3 is 2.00 bits per heavy atom. The van der Waals surface area contributed by atoms with Crippen LogP contribution in [0.25, 0.3) is 0 Å². The SMILES string of the molecule is CCCCCCCCCCCC(=O)NCC(O)CS(=O)(=O)[O-].[Na+]. The van der Waals surface area contributed by atoms with E-state index in [0.717, 1.165) is 19.3 Å². The molecule has 1 amide bonds. The monoisotopic (exact) mass is 359 g/mol. The van der Waals surface area contributed by atoms with E-state index in [1.54, 1.807) is 0 Å². The second kappa shape index (κ2) is 15.8. The van der Waals surface area contributed by atoms with Crippen LogP contribution in [0.5, 0.6) is 0 Å². The minimum Gasteiger partial charge on any atom is -0.748 e. The van der Waals surface area contributed by atoms with E-state index in [-0.39, 0.29) is 42.0 Å². The number of hydrogen-bond acceptors (Lipinski definition) is 5. The summed E-state index contributed by atoms with van der Waals surface area (Å²) in [6, 6.07) is 0. The van der Waals surface area contributed by atoms with Crippen LogP contribution in [0.3, 0.4) is 0 Å². The van der Waals surface area contributed by atoms with Crippen LogP contribution < -0.4 is 34.9 Å². The van der Waals surface area contributed by atoms with Crippen molar-refractivity contribution in [2.24, 2.45) is 0 Å². The van der Waals surface area contributed by atoms with E-state index >= 15 is 0 Å². The van der Waals surface area contributed by atoms with E-state index in [1.165, 1.54) is 38.5 Å². The van der Waals surface area contributed by atoms with E-state index in [4.69, 9.17) is 0 Å². The fourth-order valence-electron chi connectivity index (χ4n) is 2.21. The van der Waals surface area contributed by atoms with E-state index < -0.39 is 22.0 Å². The molecule has 0 saturated heterocycles. The van der Waals surface area contributed by atoms with Crippen LogP contribution in [0.1, 0.15) is 71.1 Å². The summed E-state index contributed by atoms with van der Waals surface area (Å²) in [5.74, 6) is -1.09. The van der Waals surface area contributed by atoms with Gasteiger partial charge in [0.15, 0.2) is 0 Å². The molecule has 0 heterocycles. The molecular weight excluding hydrogens is 329 g/mol. The first-order chi connectivity index (χ1) is 10.3. The number of aliphatic hydroxyl groups excluding tert-OH is 1. The van der Waals surface area contributed by atoms with Gasteiger partial charge in [-0.05, 0) is 6.42 Å². The van der Waals surface area contributed by atoms with Crippen LogP contribution in [0.15, 0.2) is 0 Å². The molecule has 0 bridgehead atoms. The fraction of sp³-hybridized carbons (Fsp3) is 0.933. The molecule has 8 heteroatoms. The average molecular weight is 359 g/mol. The van der Waals surface area contributed by atoms with Gasteiger partial charge in [0.2, 0.25) is 5.91 Å². The first kappa shape index (κ1) is 25.6. The Balaban J connectivity index is 0. The van der Waals surface area contributed by atoms with Crippen molar-refractivity contribution in [3.63, 3.8) is 0 Å². The second-order valence-corrected chi connectivity index (χ2v) is 7.21. The molecule has 0 aliphatic carbocycles. The third-order valence-corrected chi connectivity index (χ3v) is 4.23. The number of aliphatic hydroxyl groups is 1. The number of carbonyl (C=O) groups is 1. The van der Waals surface area contributed by atoms with Gasteiger partial charge in [-0.2, -0.15) is 0 Å². The zero-order valence-corrected chi connectivity index (χ0v) is 17.4. The van der Waals surface area contributed by atoms with Gasteiger partial charge in [-0.25, -0.2) is 8.42 Å². The zero-order valence-electron chi connectivity index (χ0n) is 14.6. The minimum absolute atomic E-state index is 0. The molecule has 23 heavy (non-hydrogen) atoms. The van der Waals surface area contributed by atoms with E-state index in [9.17, 15) is 22.9 Å². The summed E-state index contributed by atoms with van der Waals surface area (Å²) in [4.78, 5) is 11.5. The molecule has 0 aliphatic heterocycles. The molecule has 0 aromatic heterocycles. The summed E-state index contributed by atoms with van der Waals surface area (Å²) in [7, 11) is -4.46. The summed E-state index contributed by atoms with van der Waals surface area (Å²) in [5.41, 5.74) is 0. The van der Waals surface area contributed by atoms with Gasteiger partial charge < -0.3 is 15.0 Å². The summed E-state index contributed by atoms with van der Waals surface area (Å²) in [6.07, 6.45) is 9.54. The third kappa shape index (κ3) is 20.3. The van der Waals surface area contributed by atoms with Gasteiger partial charge in [0, 0.05) is 13.0 Å². The molecule has 6 nitrogen and oxygen atoms in total. The topological polar surface area (TPSA) is 107 Å². The van der Waals surface area contributed by atoms with Gasteiger partial charge in [-0.3, -0.25) is 4.79 Å². The van der Waals surface area contributed by atoms with Gasteiger partial charge in [-0.1, -0.05) is 58.3 Å². The molecule has 0 aromatic rings. The van der Waals surface area contributed by atoms with E-state index in [2.05, 4.69) is 12.2 Å². The molecule has 0 aromatic carbocycles. The maximum atomic E-state index is 11.5. The van der Waals surface area contributed by atoms with Crippen molar-refractivity contribution in [1.82, 2.24) is 5.32 Å². The zero-order chi connectivity index (χ0) is 16.8. The van der Waals surface area contributed by atoms with Crippen molar-refractivity contribution >= 4 is 16.0 Å². The third-order valence-electron chi connectivity index (χ3n) is 3.44. The maximum absolute atomic E-state index is 11.5. The van der Waals surface area contributed by atoms with Crippen LogP contribution in [-0.2, 0) is 14.9 Å². The molecule has 2 N–H and O–H groups in total. The Morgan fingerprint density at radius 2 is 1.52 bits per heavy atom. The van der Waals surface area contributed by atoms with Crippen LogP contribution >= 0.6 is 0 Å². The van der Waals surface area contributed by atoms with Crippen LogP contribution in [0, 0.1) is 0 Å².